The van der Waals surface area contributed by atoms with Crippen LogP contribution in [0.25, 0.3) is 17.0 Å². The van der Waals surface area contributed by atoms with E-state index in [4.69, 9.17) is 0 Å². The lowest BCUT2D eigenvalue weighted by Crippen LogP contribution is -2.23. The number of nitrogens with one attached hydrogen (secondary N) is 1. The van der Waals surface area contributed by atoms with Crippen LogP contribution in [0.15, 0.2) is 76.8 Å². The number of amidine groups is 1. The monoisotopic (exact) mass is 389 g/mol. The van der Waals surface area contributed by atoms with Gasteiger partial charge in [-0.25, -0.2) is 0 Å². The summed E-state index contributed by atoms with van der Waals surface area (Å²) >= 11 is 1.30. The third kappa shape index (κ3) is 4.30. The normalized spacial score (nSPS) is 18.0. The number of aliphatic hydroxyl groups is 1. The molecule has 2 aromatic carbocycles. The number of nitrogens with zero attached hydrogens (tertiary/aromatic N) is 2. The van der Waals surface area contributed by atoms with Crippen molar-refractivity contribution in [2.75, 3.05) is 6.61 Å². The van der Waals surface area contributed by atoms with Crippen molar-refractivity contribution in [3.8, 4) is 0 Å². The summed E-state index contributed by atoms with van der Waals surface area (Å²) in [5.41, 5.74) is 2.95. The molecule has 3 aromatic rings. The van der Waals surface area contributed by atoms with Crippen molar-refractivity contribution >= 4 is 39.8 Å². The third-order valence-electron chi connectivity index (χ3n) is 4.40. The SMILES string of the molecule is O=C1NC(=N[C@H](CO)Cc2ccccc2)S/C1=C\c1ccc2ncccc2c1. The molecule has 0 spiro atoms. The maximum absolute atomic E-state index is 12.3. The molecule has 5 nitrogen and oxygen atoms in total. The van der Waals surface area contributed by atoms with Gasteiger partial charge in [-0.1, -0.05) is 42.5 Å². The molecule has 1 fully saturated rings. The number of carbonyl (C=O) groups excluding carboxylic acids is 1. The zero-order chi connectivity index (χ0) is 19.3. The number of amides is 1. The Balaban J connectivity index is 1.52. The highest BCUT2D eigenvalue weighted by Gasteiger charge is 2.24. The minimum atomic E-state index is -0.295. The lowest BCUT2D eigenvalue weighted by atomic mass is 10.1. The molecule has 0 saturated carbocycles. The molecule has 6 heteroatoms. The summed E-state index contributed by atoms with van der Waals surface area (Å²) in [6.45, 7) is -0.0778. The second-order valence-corrected chi connectivity index (χ2v) is 7.51. The number of aliphatic imine (C=N–C) groups is 1. The van der Waals surface area contributed by atoms with Crippen LogP contribution in [0.4, 0.5) is 0 Å². The van der Waals surface area contributed by atoms with E-state index in [1.807, 2.05) is 66.7 Å². The molecule has 4 rings (SSSR count). The highest BCUT2D eigenvalue weighted by molar-refractivity contribution is 8.18. The van der Waals surface area contributed by atoms with Crippen LogP contribution in [-0.2, 0) is 11.2 Å². The predicted molar refractivity (Wildman–Crippen MR) is 114 cm³/mol. The smallest absolute Gasteiger partial charge is 0.264 e. The van der Waals surface area contributed by atoms with Gasteiger partial charge in [0.25, 0.3) is 5.91 Å². The van der Waals surface area contributed by atoms with Crippen molar-refractivity contribution in [1.29, 1.82) is 0 Å². The van der Waals surface area contributed by atoms with Crippen LogP contribution >= 0.6 is 11.8 Å². The van der Waals surface area contributed by atoms with E-state index in [-0.39, 0.29) is 18.6 Å². The van der Waals surface area contributed by atoms with Gasteiger partial charge >= 0.3 is 0 Å². The molecule has 0 aliphatic carbocycles. The standard InChI is InChI=1S/C22H19N3O2S/c26-14-18(12-15-5-2-1-3-6-15)24-22-25-21(27)20(28-22)13-16-8-9-19-17(11-16)7-4-10-23-19/h1-11,13,18,26H,12,14H2,(H,24,25,27)/b20-13-/t18-/m0/s1. The highest BCUT2D eigenvalue weighted by Crippen LogP contribution is 2.27. The second-order valence-electron chi connectivity index (χ2n) is 6.48. The lowest BCUT2D eigenvalue weighted by molar-refractivity contribution is -0.115. The Bertz CT molecular complexity index is 1060. The minimum Gasteiger partial charge on any atom is -0.394 e. The first kappa shape index (κ1) is 18.4. The van der Waals surface area contributed by atoms with Crippen molar-refractivity contribution < 1.29 is 9.90 Å². The molecule has 0 radical (unpaired) electrons. The summed E-state index contributed by atoms with van der Waals surface area (Å²) in [6, 6.07) is 19.4. The molecule has 1 aromatic heterocycles. The Labute approximate surface area is 167 Å². The predicted octanol–water partition coefficient (Wildman–Crippen LogP) is 3.40. The van der Waals surface area contributed by atoms with Crippen molar-refractivity contribution in [2.45, 2.75) is 12.5 Å². The highest BCUT2D eigenvalue weighted by atomic mass is 32.2. The van der Waals surface area contributed by atoms with Gasteiger partial charge < -0.3 is 10.4 Å². The molecule has 2 heterocycles. The average Bonchev–Trinajstić information content (AvgIpc) is 3.07. The molecule has 1 atom stereocenters. The number of carbonyl (C=O) groups is 1. The van der Waals surface area contributed by atoms with E-state index in [9.17, 15) is 9.90 Å². The molecule has 1 aliphatic rings. The molecule has 1 amide bonds. The molecule has 1 aliphatic heterocycles. The Morgan fingerprint density at radius 1 is 1.14 bits per heavy atom. The van der Waals surface area contributed by atoms with Gasteiger partial charge in [0.15, 0.2) is 5.17 Å². The van der Waals surface area contributed by atoms with E-state index in [2.05, 4.69) is 15.3 Å². The zero-order valence-electron chi connectivity index (χ0n) is 15.1. The van der Waals surface area contributed by atoms with Gasteiger partial charge in [0, 0.05) is 11.6 Å². The third-order valence-corrected chi connectivity index (χ3v) is 5.32. The summed E-state index contributed by atoms with van der Waals surface area (Å²) in [4.78, 5) is 21.7. The van der Waals surface area contributed by atoms with Gasteiger partial charge in [-0.15, -0.1) is 0 Å². The molecule has 0 unspecified atom stereocenters. The Morgan fingerprint density at radius 2 is 2.00 bits per heavy atom. The summed E-state index contributed by atoms with van der Waals surface area (Å²) in [5.74, 6) is -0.175. The van der Waals surface area contributed by atoms with Crippen molar-refractivity contribution in [2.24, 2.45) is 4.99 Å². The Morgan fingerprint density at radius 3 is 2.82 bits per heavy atom. The summed E-state index contributed by atoms with van der Waals surface area (Å²) in [7, 11) is 0. The average molecular weight is 389 g/mol. The van der Waals surface area contributed by atoms with E-state index < -0.39 is 0 Å². The number of rotatable bonds is 5. The van der Waals surface area contributed by atoms with Gasteiger partial charge in [0.05, 0.1) is 23.1 Å². The Kier molecular flexibility index (Phi) is 5.50. The van der Waals surface area contributed by atoms with Crippen LogP contribution < -0.4 is 5.32 Å². The van der Waals surface area contributed by atoms with Crippen LogP contribution in [0.2, 0.25) is 0 Å². The molecule has 2 N–H and O–H groups in total. The maximum Gasteiger partial charge on any atom is 0.264 e. The number of aromatic nitrogens is 1. The number of aliphatic hydroxyl groups excluding tert-OH is 1. The van der Waals surface area contributed by atoms with E-state index in [1.54, 1.807) is 6.20 Å². The van der Waals surface area contributed by atoms with Crippen LogP contribution in [0, 0.1) is 0 Å². The lowest BCUT2D eigenvalue weighted by Gasteiger charge is -2.10. The zero-order valence-corrected chi connectivity index (χ0v) is 15.9. The second kappa shape index (κ2) is 8.37. The number of benzene rings is 2. The first-order valence-corrected chi connectivity index (χ1v) is 9.81. The molecular formula is C22H19N3O2S. The fraction of sp³-hybridized carbons (Fsp3) is 0.136. The first-order chi connectivity index (χ1) is 13.7. The molecule has 1 saturated heterocycles. The summed E-state index contributed by atoms with van der Waals surface area (Å²) in [5, 5.41) is 14.0. The van der Waals surface area contributed by atoms with E-state index in [0.717, 1.165) is 22.0 Å². The van der Waals surface area contributed by atoms with E-state index in [0.29, 0.717) is 16.5 Å². The molecule has 140 valence electrons. The van der Waals surface area contributed by atoms with E-state index >= 15 is 0 Å². The quantitative estimate of drug-likeness (QED) is 0.656. The van der Waals surface area contributed by atoms with E-state index in [1.165, 1.54) is 11.8 Å². The number of pyridine rings is 1. The maximum atomic E-state index is 12.3. The van der Waals surface area contributed by atoms with Crippen molar-refractivity contribution in [1.82, 2.24) is 10.3 Å². The summed E-state index contributed by atoms with van der Waals surface area (Å²) < 4.78 is 0. The van der Waals surface area contributed by atoms with Crippen LogP contribution in [0.3, 0.4) is 0 Å². The number of thioether (sulfide) groups is 1. The van der Waals surface area contributed by atoms with Crippen LogP contribution in [0.5, 0.6) is 0 Å². The molecule has 0 bridgehead atoms. The van der Waals surface area contributed by atoms with Crippen LogP contribution in [-0.4, -0.2) is 33.8 Å². The fourth-order valence-electron chi connectivity index (χ4n) is 3.03. The largest absolute Gasteiger partial charge is 0.394 e. The van der Waals surface area contributed by atoms with Gasteiger partial charge in [0.2, 0.25) is 0 Å². The number of hydrogen-bond donors (Lipinski definition) is 2. The molecule has 28 heavy (non-hydrogen) atoms. The van der Waals surface area contributed by atoms with Crippen molar-refractivity contribution in [3.63, 3.8) is 0 Å². The number of hydrogen-bond acceptors (Lipinski definition) is 5. The topological polar surface area (TPSA) is 74.6 Å². The number of fused-ring (bicyclic) bond motifs is 1. The summed E-state index contributed by atoms with van der Waals surface area (Å²) in [6.07, 6.45) is 4.23. The van der Waals surface area contributed by atoms with Gasteiger partial charge in [-0.3, -0.25) is 14.8 Å². The Hall–Kier alpha value is -2.96. The molecular weight excluding hydrogens is 370 g/mol. The first-order valence-electron chi connectivity index (χ1n) is 8.99. The van der Waals surface area contributed by atoms with Gasteiger partial charge in [-0.2, -0.15) is 0 Å². The van der Waals surface area contributed by atoms with Crippen LogP contribution in [0.1, 0.15) is 11.1 Å². The van der Waals surface area contributed by atoms with Gasteiger partial charge in [0.1, 0.15) is 0 Å². The fourth-order valence-corrected chi connectivity index (χ4v) is 3.92. The van der Waals surface area contributed by atoms with Crippen molar-refractivity contribution in [3.05, 3.63) is 82.9 Å². The minimum absolute atomic E-state index is 0.0778. The van der Waals surface area contributed by atoms with Gasteiger partial charge in [-0.05, 0) is 53.6 Å².